The number of amides is 1. The highest BCUT2D eigenvalue weighted by atomic mass is 127. The zero-order chi connectivity index (χ0) is 22.6. The fourth-order valence-corrected chi connectivity index (χ4v) is 3.69. The maximum atomic E-state index is 12.6. The highest BCUT2D eigenvalue weighted by Gasteiger charge is 2.19. The van der Waals surface area contributed by atoms with Gasteiger partial charge in [-0.05, 0) is 36.1 Å². The van der Waals surface area contributed by atoms with Gasteiger partial charge in [0.2, 0.25) is 5.91 Å². The Kier molecular flexibility index (Phi) is 12.0. The SMILES string of the molecule is CN=C(NCCCC(=O)N1CCc2ccccc2C1)Nc1cccc(OCCCOC)c1.I. The van der Waals surface area contributed by atoms with E-state index in [2.05, 4.69) is 33.8 Å². The van der Waals surface area contributed by atoms with Gasteiger partial charge in [0.25, 0.3) is 0 Å². The Morgan fingerprint density at radius 2 is 1.91 bits per heavy atom. The van der Waals surface area contributed by atoms with Gasteiger partial charge < -0.3 is 25.0 Å². The molecule has 7 nitrogen and oxygen atoms in total. The number of hydrogen-bond donors (Lipinski definition) is 2. The summed E-state index contributed by atoms with van der Waals surface area (Å²) < 4.78 is 10.8. The number of nitrogens with one attached hydrogen (secondary N) is 2. The van der Waals surface area contributed by atoms with Gasteiger partial charge in [-0.2, -0.15) is 0 Å². The van der Waals surface area contributed by atoms with Gasteiger partial charge in [0.15, 0.2) is 5.96 Å². The van der Waals surface area contributed by atoms with E-state index in [9.17, 15) is 4.79 Å². The number of hydrogen-bond acceptors (Lipinski definition) is 4. The molecule has 0 atom stereocenters. The van der Waals surface area contributed by atoms with Crippen LogP contribution in [0.15, 0.2) is 53.5 Å². The van der Waals surface area contributed by atoms with E-state index in [1.54, 1.807) is 14.2 Å². The molecule has 0 fully saturated rings. The summed E-state index contributed by atoms with van der Waals surface area (Å²) in [6.07, 6.45) is 3.06. The molecule has 0 unspecified atom stereocenters. The number of anilines is 1. The first-order chi connectivity index (χ1) is 15.7. The molecular formula is C25H35IN4O3. The Morgan fingerprint density at radius 1 is 1.09 bits per heavy atom. The maximum Gasteiger partial charge on any atom is 0.222 e. The average Bonchev–Trinajstić information content (AvgIpc) is 2.83. The number of aliphatic imine (C=N–C) groups is 1. The van der Waals surface area contributed by atoms with Crippen LogP contribution in [0.2, 0.25) is 0 Å². The number of carbonyl (C=O) groups is 1. The van der Waals surface area contributed by atoms with E-state index >= 15 is 0 Å². The average molecular weight is 566 g/mol. The summed E-state index contributed by atoms with van der Waals surface area (Å²) in [7, 11) is 3.42. The summed E-state index contributed by atoms with van der Waals surface area (Å²) in [6.45, 7) is 3.48. The Bertz CT molecular complexity index is 907. The Hall–Kier alpha value is -2.33. The second kappa shape index (κ2) is 14.7. The lowest BCUT2D eigenvalue weighted by atomic mass is 9.99. The molecule has 1 aliphatic heterocycles. The zero-order valence-corrected chi connectivity index (χ0v) is 21.8. The Labute approximate surface area is 214 Å². The van der Waals surface area contributed by atoms with Crippen LogP contribution < -0.4 is 15.4 Å². The molecule has 0 aliphatic carbocycles. The topological polar surface area (TPSA) is 75.2 Å². The van der Waals surface area contributed by atoms with Crippen LogP contribution >= 0.6 is 24.0 Å². The molecule has 33 heavy (non-hydrogen) atoms. The van der Waals surface area contributed by atoms with Crippen LogP contribution in [0.25, 0.3) is 0 Å². The van der Waals surface area contributed by atoms with Crippen LogP contribution in [0.5, 0.6) is 5.75 Å². The minimum Gasteiger partial charge on any atom is -0.493 e. The lowest BCUT2D eigenvalue weighted by Crippen LogP contribution is -2.36. The lowest BCUT2D eigenvalue weighted by molar-refractivity contribution is -0.132. The highest BCUT2D eigenvalue weighted by molar-refractivity contribution is 14.0. The van der Waals surface area contributed by atoms with Crippen LogP contribution in [0, 0.1) is 0 Å². The van der Waals surface area contributed by atoms with E-state index < -0.39 is 0 Å². The minimum atomic E-state index is 0. The van der Waals surface area contributed by atoms with Crippen molar-refractivity contribution in [3.63, 3.8) is 0 Å². The molecule has 0 radical (unpaired) electrons. The number of fused-ring (bicyclic) bond motifs is 1. The summed E-state index contributed by atoms with van der Waals surface area (Å²) in [6, 6.07) is 16.2. The van der Waals surface area contributed by atoms with Gasteiger partial charge >= 0.3 is 0 Å². The molecule has 2 aromatic carbocycles. The van der Waals surface area contributed by atoms with Crippen LogP contribution in [0.1, 0.15) is 30.4 Å². The maximum absolute atomic E-state index is 12.6. The number of halogens is 1. The van der Waals surface area contributed by atoms with Crippen LogP contribution in [-0.2, 0) is 22.5 Å². The summed E-state index contributed by atoms with van der Waals surface area (Å²) in [5.74, 6) is 1.68. The summed E-state index contributed by atoms with van der Waals surface area (Å²) in [5, 5.41) is 6.55. The number of nitrogens with zero attached hydrogens (tertiary/aromatic N) is 2. The lowest BCUT2D eigenvalue weighted by Gasteiger charge is -2.29. The standard InChI is InChI=1S/C25H34N4O3.HI/c1-26-25(28-22-10-5-11-23(18-22)32-17-7-16-31-2)27-14-6-12-24(30)29-15-13-20-8-3-4-9-21(20)19-29;/h3-5,8-11,18H,6-7,12-17,19H2,1-2H3,(H2,26,27,28);1H. The number of rotatable bonds is 10. The third-order valence-electron chi connectivity index (χ3n) is 5.43. The summed E-state index contributed by atoms with van der Waals surface area (Å²) in [5.41, 5.74) is 3.52. The van der Waals surface area contributed by atoms with Crippen molar-refractivity contribution in [2.24, 2.45) is 4.99 Å². The van der Waals surface area contributed by atoms with Crippen molar-refractivity contribution in [2.45, 2.75) is 32.2 Å². The molecule has 0 aromatic heterocycles. The normalized spacial score (nSPS) is 13.0. The number of ether oxygens (including phenoxy) is 2. The van der Waals surface area contributed by atoms with E-state index in [1.807, 2.05) is 35.2 Å². The molecule has 8 heteroatoms. The molecule has 0 spiro atoms. The van der Waals surface area contributed by atoms with Gasteiger partial charge in [-0.1, -0.05) is 30.3 Å². The zero-order valence-electron chi connectivity index (χ0n) is 19.5. The van der Waals surface area contributed by atoms with Crippen molar-refractivity contribution in [1.29, 1.82) is 0 Å². The van der Waals surface area contributed by atoms with Gasteiger partial charge in [0.1, 0.15) is 5.75 Å². The van der Waals surface area contributed by atoms with Crippen molar-refractivity contribution in [3.8, 4) is 5.75 Å². The highest BCUT2D eigenvalue weighted by Crippen LogP contribution is 2.19. The molecule has 1 heterocycles. The molecule has 0 saturated carbocycles. The fraction of sp³-hybridized carbons (Fsp3) is 0.440. The predicted molar refractivity (Wildman–Crippen MR) is 144 cm³/mol. The van der Waals surface area contributed by atoms with Gasteiger partial charge in [-0.15, -0.1) is 24.0 Å². The number of methoxy groups -OCH3 is 1. The van der Waals surface area contributed by atoms with Gasteiger partial charge in [-0.25, -0.2) is 0 Å². The van der Waals surface area contributed by atoms with E-state index in [-0.39, 0.29) is 29.9 Å². The molecule has 1 aliphatic rings. The molecule has 1 amide bonds. The van der Waals surface area contributed by atoms with Gasteiger partial charge in [-0.3, -0.25) is 9.79 Å². The van der Waals surface area contributed by atoms with E-state index in [1.165, 1.54) is 11.1 Å². The largest absolute Gasteiger partial charge is 0.493 e. The van der Waals surface area contributed by atoms with Crippen molar-refractivity contribution in [2.75, 3.05) is 45.8 Å². The molecular weight excluding hydrogens is 531 g/mol. The van der Waals surface area contributed by atoms with E-state index in [0.29, 0.717) is 32.1 Å². The van der Waals surface area contributed by atoms with Crippen molar-refractivity contribution in [1.82, 2.24) is 10.2 Å². The van der Waals surface area contributed by atoms with Gasteiger partial charge in [0.05, 0.1) is 6.61 Å². The van der Waals surface area contributed by atoms with Crippen LogP contribution in [-0.4, -0.2) is 57.2 Å². The second-order valence-electron chi connectivity index (χ2n) is 7.78. The van der Waals surface area contributed by atoms with E-state index in [0.717, 1.165) is 43.8 Å². The first-order valence-corrected chi connectivity index (χ1v) is 11.2. The minimum absolute atomic E-state index is 0. The molecule has 180 valence electrons. The quantitative estimate of drug-likeness (QED) is 0.196. The third kappa shape index (κ3) is 8.85. The van der Waals surface area contributed by atoms with Crippen molar-refractivity contribution < 1.29 is 14.3 Å². The first kappa shape index (κ1) is 26.9. The smallest absolute Gasteiger partial charge is 0.222 e. The van der Waals surface area contributed by atoms with Crippen molar-refractivity contribution >= 4 is 41.5 Å². The first-order valence-electron chi connectivity index (χ1n) is 11.2. The van der Waals surface area contributed by atoms with Crippen LogP contribution in [0.4, 0.5) is 5.69 Å². The fourth-order valence-electron chi connectivity index (χ4n) is 3.69. The van der Waals surface area contributed by atoms with Crippen LogP contribution in [0.3, 0.4) is 0 Å². The predicted octanol–water partition coefficient (Wildman–Crippen LogP) is 4.07. The van der Waals surface area contributed by atoms with E-state index in [4.69, 9.17) is 9.47 Å². The monoisotopic (exact) mass is 566 g/mol. The summed E-state index contributed by atoms with van der Waals surface area (Å²) >= 11 is 0. The molecule has 0 saturated heterocycles. The van der Waals surface area contributed by atoms with Crippen molar-refractivity contribution in [3.05, 3.63) is 59.7 Å². The summed E-state index contributed by atoms with van der Waals surface area (Å²) in [4.78, 5) is 18.8. The number of benzene rings is 2. The Balaban J connectivity index is 0.00000385. The molecule has 2 N–H and O–H groups in total. The number of carbonyl (C=O) groups excluding carboxylic acids is 1. The third-order valence-corrected chi connectivity index (χ3v) is 5.43. The Morgan fingerprint density at radius 3 is 2.70 bits per heavy atom. The second-order valence-corrected chi connectivity index (χ2v) is 7.78. The number of guanidine groups is 1. The van der Waals surface area contributed by atoms with Gasteiger partial charge in [0, 0.05) is 65.0 Å². The molecule has 3 rings (SSSR count). The molecule has 0 bridgehead atoms. The molecule has 2 aromatic rings.